The van der Waals surface area contributed by atoms with Crippen molar-refractivity contribution in [1.82, 2.24) is 0 Å². The third-order valence-electron chi connectivity index (χ3n) is 3.56. The molecule has 0 aromatic rings. The molecule has 0 amide bonds. The van der Waals surface area contributed by atoms with Gasteiger partial charge in [-0.1, -0.05) is 34.6 Å². The molecule has 3 heteroatoms. The van der Waals surface area contributed by atoms with E-state index in [4.69, 9.17) is 9.47 Å². The number of ether oxygens (including phenoxy) is 2. The van der Waals surface area contributed by atoms with Gasteiger partial charge in [0.2, 0.25) is 0 Å². The average molecular weight is 450 g/mol. The van der Waals surface area contributed by atoms with Crippen LogP contribution in [0.3, 0.4) is 0 Å². The van der Waals surface area contributed by atoms with Gasteiger partial charge in [0.05, 0.1) is 26.4 Å². The Bertz CT molecular complexity index is 161. The van der Waals surface area contributed by atoms with Crippen LogP contribution in [0.4, 0.5) is 0 Å². The molecule has 1 saturated carbocycles. The van der Waals surface area contributed by atoms with Gasteiger partial charge >= 0.3 is 40.8 Å². The van der Waals surface area contributed by atoms with Crippen LogP contribution in [0.2, 0.25) is 0 Å². The van der Waals surface area contributed by atoms with Crippen molar-refractivity contribution in [1.29, 1.82) is 0 Å². The smallest absolute Gasteiger partial charge is 0.377 e. The molecule has 1 saturated heterocycles. The van der Waals surface area contributed by atoms with Crippen molar-refractivity contribution in [3.8, 4) is 0 Å². The van der Waals surface area contributed by atoms with Crippen molar-refractivity contribution in [2.24, 2.45) is 0 Å². The van der Waals surface area contributed by atoms with E-state index in [1.807, 2.05) is 0 Å². The predicted molar refractivity (Wildman–Crippen MR) is 96.3 cm³/mol. The maximum absolute atomic E-state index is 4.94. The van der Waals surface area contributed by atoms with Gasteiger partial charge in [0, 0.05) is 0 Å². The minimum absolute atomic E-state index is 0. The molecule has 0 bridgehead atoms. The Kier molecular flexibility index (Phi) is 24.7. The molecule has 2 nitrogen and oxygen atoms in total. The zero-order valence-electron chi connectivity index (χ0n) is 15.6. The largest absolute Gasteiger partial charge is 3.00 e. The first-order chi connectivity index (χ1) is 10.4. The first-order valence-electron chi connectivity index (χ1n) is 7.54. The minimum Gasteiger partial charge on any atom is -0.377 e. The Morgan fingerprint density at radius 3 is 0.783 bits per heavy atom. The molecule has 2 aliphatic rings. The van der Waals surface area contributed by atoms with E-state index in [1.165, 1.54) is 42.4 Å². The maximum atomic E-state index is 4.94. The van der Waals surface area contributed by atoms with Crippen LogP contribution in [-0.4, -0.2) is 26.4 Å². The normalized spacial score (nSPS) is 20.2. The molecule has 2 fully saturated rings. The fraction of sp³-hybridized carbons (Fsp3) is 0.450. The van der Waals surface area contributed by atoms with E-state index in [0.717, 1.165) is 26.4 Å². The third-order valence-corrected chi connectivity index (χ3v) is 3.56. The van der Waals surface area contributed by atoms with E-state index in [0.29, 0.717) is 0 Å². The molecule has 0 aromatic heterocycles. The van der Waals surface area contributed by atoms with Gasteiger partial charge in [-0.3, -0.25) is 0 Å². The molecule has 2 rings (SSSR count). The van der Waals surface area contributed by atoms with Crippen molar-refractivity contribution in [3.05, 3.63) is 70.1 Å². The van der Waals surface area contributed by atoms with Crippen molar-refractivity contribution in [2.75, 3.05) is 26.4 Å². The summed E-state index contributed by atoms with van der Waals surface area (Å²) < 4.78 is 9.89. The molecule has 0 spiro atoms. The summed E-state index contributed by atoms with van der Waals surface area (Å²) in [5, 5.41) is 0. The Hall–Kier alpha value is 1.27. The summed E-state index contributed by atoms with van der Waals surface area (Å²) >= 11 is 0. The second-order valence-electron chi connectivity index (χ2n) is 4.93. The fourth-order valence-corrected chi connectivity index (χ4v) is 1.85. The van der Waals surface area contributed by atoms with Crippen molar-refractivity contribution >= 4 is 0 Å². The Morgan fingerprint density at radius 1 is 0.565 bits per heavy atom. The molecule has 0 N–H and O–H groups in total. The van der Waals surface area contributed by atoms with Crippen LogP contribution in [0.5, 0.6) is 0 Å². The zero-order valence-corrected chi connectivity index (χ0v) is 18.8. The van der Waals surface area contributed by atoms with Crippen LogP contribution in [-0.2, 0) is 9.47 Å². The van der Waals surface area contributed by atoms with E-state index >= 15 is 0 Å². The summed E-state index contributed by atoms with van der Waals surface area (Å²) in [6, 6.07) is 0. The molecule has 23 heavy (non-hydrogen) atoms. The second-order valence-corrected chi connectivity index (χ2v) is 4.93. The molecule has 0 atom stereocenters. The molecule has 1 heterocycles. The van der Waals surface area contributed by atoms with Crippen LogP contribution < -0.4 is 0 Å². The SMILES string of the molecule is C1COCCO1.C[C]1[C](C)[C](C)[C](C)[C]1C.[CH2][CH][CH2].[CH2][CH][CH2].[Nd+3]. The summed E-state index contributed by atoms with van der Waals surface area (Å²) in [6.07, 6.45) is 3.00. The fourth-order valence-electron chi connectivity index (χ4n) is 1.85. The van der Waals surface area contributed by atoms with E-state index in [9.17, 15) is 0 Å². The van der Waals surface area contributed by atoms with Crippen LogP contribution in [0.1, 0.15) is 34.6 Å². The van der Waals surface area contributed by atoms with Gasteiger partial charge in [0.25, 0.3) is 0 Å². The Balaban J connectivity index is -0.000000264. The molecule has 1 aliphatic heterocycles. The van der Waals surface area contributed by atoms with Crippen LogP contribution in [0.15, 0.2) is 0 Å². The van der Waals surface area contributed by atoms with Gasteiger partial charge in [0.15, 0.2) is 0 Å². The summed E-state index contributed by atoms with van der Waals surface area (Å²) in [5.74, 6) is 7.34. The summed E-state index contributed by atoms with van der Waals surface area (Å²) in [4.78, 5) is 0. The van der Waals surface area contributed by atoms with Gasteiger partial charge in [-0.2, -0.15) is 0 Å². The quantitative estimate of drug-likeness (QED) is 0.533. The summed E-state index contributed by atoms with van der Waals surface area (Å²) in [7, 11) is 0. The molecular weight excluding hydrogens is 416 g/mol. The third kappa shape index (κ3) is 14.2. The van der Waals surface area contributed by atoms with E-state index < -0.39 is 0 Å². The van der Waals surface area contributed by atoms with Crippen LogP contribution >= 0.6 is 0 Å². The monoisotopic (exact) mass is 447 g/mol. The van der Waals surface area contributed by atoms with Crippen LogP contribution in [0, 0.1) is 111 Å². The molecule has 0 aromatic carbocycles. The van der Waals surface area contributed by atoms with E-state index in [-0.39, 0.29) is 40.8 Å². The average Bonchev–Trinajstić information content (AvgIpc) is 2.69. The molecule has 12 radical (unpaired) electrons. The van der Waals surface area contributed by atoms with Gasteiger partial charge < -0.3 is 9.47 Å². The maximum Gasteiger partial charge on any atom is 3.00 e. The zero-order chi connectivity index (χ0) is 17.5. The van der Waals surface area contributed by atoms with Crippen molar-refractivity contribution < 1.29 is 50.3 Å². The van der Waals surface area contributed by atoms with E-state index in [2.05, 4.69) is 62.3 Å². The Morgan fingerprint density at radius 2 is 0.696 bits per heavy atom. The first-order valence-corrected chi connectivity index (χ1v) is 7.54. The Labute approximate surface area is 180 Å². The van der Waals surface area contributed by atoms with Gasteiger partial charge in [-0.25, -0.2) is 0 Å². The first kappa shape index (κ1) is 29.0. The number of hydrogen-bond acceptors (Lipinski definition) is 2. The minimum atomic E-state index is 0. The topological polar surface area (TPSA) is 18.5 Å². The summed E-state index contributed by atoms with van der Waals surface area (Å²) in [5.41, 5.74) is 0. The molecule has 1 aliphatic carbocycles. The van der Waals surface area contributed by atoms with Crippen LogP contribution in [0.25, 0.3) is 0 Å². The molecule has 126 valence electrons. The number of hydrogen-bond donors (Lipinski definition) is 0. The molecular formula is C20H33NdO2+3. The van der Waals surface area contributed by atoms with Gasteiger partial charge in [0.1, 0.15) is 0 Å². The van der Waals surface area contributed by atoms with Gasteiger partial charge in [-0.15, -0.1) is 0 Å². The second kappa shape index (κ2) is 19.6. The van der Waals surface area contributed by atoms with Gasteiger partial charge in [-0.05, 0) is 70.1 Å². The standard InChI is InChI=1S/C10H15.C4H8O2.2C3H5.Nd/c1-6-7(2)9(4)10(5)8(6)3;1-2-6-4-3-5-1;2*1-3-2;/h1-5H3;1-4H2;2*3H,1-2H2;/q;;;;+3. The van der Waals surface area contributed by atoms with Crippen molar-refractivity contribution in [2.45, 2.75) is 34.6 Å². The number of rotatable bonds is 0. The van der Waals surface area contributed by atoms with Crippen molar-refractivity contribution in [3.63, 3.8) is 0 Å². The molecule has 0 unspecified atom stereocenters. The van der Waals surface area contributed by atoms with E-state index in [1.54, 1.807) is 0 Å². The predicted octanol–water partition coefficient (Wildman–Crippen LogP) is 4.72. The summed E-state index contributed by atoms with van der Waals surface area (Å²) in [6.45, 7) is 27.1.